The van der Waals surface area contributed by atoms with E-state index in [1.165, 1.54) is 6.07 Å². The summed E-state index contributed by atoms with van der Waals surface area (Å²) in [7, 11) is 1.81. The van der Waals surface area contributed by atoms with Crippen LogP contribution in [0.4, 0.5) is 10.2 Å². The minimum atomic E-state index is -0.226. The highest BCUT2D eigenvalue weighted by Crippen LogP contribution is 2.34. The molecule has 0 bridgehead atoms. The van der Waals surface area contributed by atoms with E-state index in [2.05, 4.69) is 10.00 Å². The zero-order valence-electron chi connectivity index (χ0n) is 19.2. The number of amides is 1. The van der Waals surface area contributed by atoms with Crippen molar-refractivity contribution >= 4 is 11.7 Å². The number of nitrogens with zero attached hydrogens (tertiary/aromatic N) is 6. The Hall–Kier alpha value is -3.29. The Kier molecular flexibility index (Phi) is 5.83. The Morgan fingerprint density at radius 1 is 1.18 bits per heavy atom. The molecule has 1 fully saturated rings. The van der Waals surface area contributed by atoms with E-state index in [1.54, 1.807) is 29.2 Å². The highest BCUT2D eigenvalue weighted by molar-refractivity contribution is 5.94. The minimum absolute atomic E-state index is 0.0246. The number of rotatable bonds is 4. The average Bonchev–Trinajstić information content (AvgIpc) is 3.25. The lowest BCUT2D eigenvalue weighted by atomic mass is 9.98. The van der Waals surface area contributed by atoms with Gasteiger partial charge >= 0.3 is 0 Å². The number of fused-ring (bicyclic) bond motifs is 1. The lowest BCUT2D eigenvalue weighted by Crippen LogP contribution is -2.40. The summed E-state index contributed by atoms with van der Waals surface area (Å²) in [4.78, 5) is 27.3. The quantitative estimate of drug-likeness (QED) is 0.604. The maximum absolute atomic E-state index is 13.8. The Balaban J connectivity index is 1.48. The monoisotopic (exact) mass is 448 g/mol. The molecule has 1 saturated heterocycles. The van der Waals surface area contributed by atoms with Crippen molar-refractivity contribution < 1.29 is 9.18 Å². The number of hydrogen-bond donors (Lipinski definition) is 0. The van der Waals surface area contributed by atoms with Gasteiger partial charge in [-0.3, -0.25) is 9.48 Å². The molecule has 1 atom stereocenters. The lowest BCUT2D eigenvalue weighted by molar-refractivity contribution is 0.0599. The molecule has 2 aromatic heterocycles. The van der Waals surface area contributed by atoms with Gasteiger partial charge in [0.2, 0.25) is 0 Å². The first-order valence-corrected chi connectivity index (χ1v) is 11.7. The maximum Gasteiger partial charge on any atom is 0.257 e. The fraction of sp³-hybridized carbons (Fsp3) is 0.440. The van der Waals surface area contributed by atoms with Gasteiger partial charge in [-0.25, -0.2) is 14.4 Å². The van der Waals surface area contributed by atoms with Crippen LogP contribution < -0.4 is 4.90 Å². The summed E-state index contributed by atoms with van der Waals surface area (Å²) in [5.41, 5.74) is 3.64. The van der Waals surface area contributed by atoms with Crippen molar-refractivity contribution in [2.24, 2.45) is 7.05 Å². The maximum atomic E-state index is 13.8. The second-order valence-corrected chi connectivity index (χ2v) is 9.04. The normalized spacial score (nSPS) is 18.3. The number of likely N-dealkylation sites (tertiary alicyclic amines) is 1. The van der Waals surface area contributed by atoms with Crippen LogP contribution in [-0.4, -0.2) is 43.6 Å². The van der Waals surface area contributed by atoms with Gasteiger partial charge in [0, 0.05) is 44.1 Å². The van der Waals surface area contributed by atoms with Crippen molar-refractivity contribution in [1.29, 1.82) is 0 Å². The van der Waals surface area contributed by atoms with E-state index in [-0.39, 0.29) is 17.8 Å². The van der Waals surface area contributed by atoms with Crippen LogP contribution in [0.3, 0.4) is 0 Å². The zero-order valence-corrected chi connectivity index (χ0v) is 19.2. The van der Waals surface area contributed by atoms with E-state index >= 15 is 0 Å². The van der Waals surface area contributed by atoms with Gasteiger partial charge in [-0.05, 0) is 56.7 Å². The van der Waals surface area contributed by atoms with Gasteiger partial charge in [-0.2, -0.15) is 5.10 Å². The largest absolute Gasteiger partial charge is 0.352 e. The zero-order chi connectivity index (χ0) is 22.9. The van der Waals surface area contributed by atoms with Crippen LogP contribution in [-0.2, 0) is 20.0 Å². The van der Waals surface area contributed by atoms with Gasteiger partial charge in [-0.15, -0.1) is 0 Å². The Bertz CT molecular complexity index is 1180. The molecule has 0 radical (unpaired) electrons. The average molecular weight is 449 g/mol. The van der Waals surface area contributed by atoms with Crippen molar-refractivity contribution in [3.05, 3.63) is 70.7 Å². The van der Waals surface area contributed by atoms with E-state index in [9.17, 15) is 9.18 Å². The fourth-order valence-corrected chi connectivity index (χ4v) is 5.01. The fourth-order valence-electron chi connectivity index (χ4n) is 5.01. The van der Waals surface area contributed by atoms with Crippen LogP contribution in [0.1, 0.15) is 64.7 Å². The molecule has 1 amide bonds. The van der Waals surface area contributed by atoms with Crippen molar-refractivity contribution in [3.63, 3.8) is 0 Å². The van der Waals surface area contributed by atoms with Crippen LogP contribution in [0.2, 0.25) is 0 Å². The number of aryl methyl sites for hydroxylation is 2. The molecule has 8 heteroatoms. The first-order valence-electron chi connectivity index (χ1n) is 11.7. The van der Waals surface area contributed by atoms with Gasteiger partial charge in [0.25, 0.3) is 5.91 Å². The molecule has 1 aromatic carbocycles. The number of carbonyl (C=O) groups excluding carboxylic acids is 1. The second-order valence-electron chi connectivity index (χ2n) is 9.04. The predicted molar refractivity (Wildman–Crippen MR) is 123 cm³/mol. The van der Waals surface area contributed by atoms with Gasteiger partial charge in [-0.1, -0.05) is 12.1 Å². The van der Waals surface area contributed by atoms with Crippen LogP contribution in [0.5, 0.6) is 0 Å². The summed E-state index contributed by atoms with van der Waals surface area (Å²) in [6, 6.07) is 6.58. The van der Waals surface area contributed by atoms with Crippen LogP contribution in [0.25, 0.3) is 0 Å². The van der Waals surface area contributed by atoms with Crippen molar-refractivity contribution in [2.45, 2.75) is 51.6 Å². The van der Waals surface area contributed by atoms with Crippen molar-refractivity contribution in [2.75, 3.05) is 18.0 Å². The summed E-state index contributed by atoms with van der Waals surface area (Å²) in [5, 5.41) is 4.16. The molecule has 0 unspecified atom stereocenters. The van der Waals surface area contributed by atoms with Crippen molar-refractivity contribution in [1.82, 2.24) is 24.6 Å². The number of piperidine rings is 1. The molecule has 0 N–H and O–H groups in total. The summed E-state index contributed by atoms with van der Waals surface area (Å²) in [6.45, 7) is 4.18. The molecule has 2 aliphatic rings. The third kappa shape index (κ3) is 4.34. The van der Waals surface area contributed by atoms with E-state index in [0.717, 1.165) is 61.3 Å². The smallest absolute Gasteiger partial charge is 0.257 e. The topological polar surface area (TPSA) is 67.2 Å². The number of carbonyl (C=O) groups is 1. The molecule has 5 rings (SSSR count). The Morgan fingerprint density at radius 2 is 2.06 bits per heavy atom. The predicted octanol–water partition coefficient (Wildman–Crippen LogP) is 3.98. The molecule has 172 valence electrons. The van der Waals surface area contributed by atoms with Gasteiger partial charge in [0.05, 0.1) is 17.8 Å². The molecule has 2 aliphatic heterocycles. The summed E-state index contributed by atoms with van der Waals surface area (Å²) in [5.74, 6) is 1.38. The first kappa shape index (κ1) is 21.6. The highest BCUT2D eigenvalue weighted by Gasteiger charge is 2.33. The third-order valence-corrected chi connectivity index (χ3v) is 6.64. The van der Waals surface area contributed by atoms with E-state index in [4.69, 9.17) is 9.97 Å². The number of hydrogen-bond acceptors (Lipinski definition) is 5. The number of anilines is 1. The molecule has 7 nitrogen and oxygen atoms in total. The Morgan fingerprint density at radius 3 is 2.85 bits per heavy atom. The summed E-state index contributed by atoms with van der Waals surface area (Å²) in [6.07, 6.45) is 8.17. The molecule has 0 aliphatic carbocycles. The van der Waals surface area contributed by atoms with Gasteiger partial charge in [0.15, 0.2) is 5.82 Å². The minimum Gasteiger partial charge on any atom is -0.352 e. The van der Waals surface area contributed by atoms with Crippen LogP contribution in [0, 0.1) is 12.7 Å². The molecular formula is C25H29FN6O. The number of aromatic nitrogens is 4. The standard InChI is InChI=1S/C25H29FN6O/c1-17-21-9-6-11-31(15-18-7-5-8-20(26)13-18)24(21)29-23(28-17)22-10-3-4-12-32(22)25(33)19-14-27-30(2)16-19/h5,7-8,13-14,16,22H,3-4,6,9-12,15H2,1-2H3/t22-/m1/s1. The molecule has 0 saturated carbocycles. The Labute approximate surface area is 193 Å². The highest BCUT2D eigenvalue weighted by atomic mass is 19.1. The second kappa shape index (κ2) is 8.92. The molecule has 4 heterocycles. The molecule has 0 spiro atoms. The van der Waals surface area contributed by atoms with Crippen LogP contribution >= 0.6 is 0 Å². The molecule has 3 aromatic rings. The first-order chi connectivity index (χ1) is 16.0. The van der Waals surface area contributed by atoms with E-state index < -0.39 is 0 Å². The molecule has 33 heavy (non-hydrogen) atoms. The van der Waals surface area contributed by atoms with Crippen molar-refractivity contribution in [3.8, 4) is 0 Å². The van der Waals surface area contributed by atoms with E-state index in [0.29, 0.717) is 24.5 Å². The van der Waals surface area contributed by atoms with Gasteiger partial charge in [0.1, 0.15) is 11.6 Å². The number of benzene rings is 1. The van der Waals surface area contributed by atoms with E-state index in [1.807, 2.05) is 24.9 Å². The van der Waals surface area contributed by atoms with Gasteiger partial charge < -0.3 is 9.80 Å². The third-order valence-electron chi connectivity index (χ3n) is 6.64. The SMILES string of the molecule is Cc1nc([C@H]2CCCCN2C(=O)c2cnn(C)c2)nc2c1CCCN2Cc1cccc(F)c1. The summed E-state index contributed by atoms with van der Waals surface area (Å²) < 4.78 is 15.4. The summed E-state index contributed by atoms with van der Waals surface area (Å²) >= 11 is 0. The lowest BCUT2D eigenvalue weighted by Gasteiger charge is -2.36. The number of halogens is 1. The molecular weight excluding hydrogens is 419 g/mol. The van der Waals surface area contributed by atoms with Crippen LogP contribution in [0.15, 0.2) is 36.7 Å².